The maximum Gasteiger partial charge on any atom is 0.302 e. The van der Waals surface area contributed by atoms with Crippen molar-refractivity contribution in [3.63, 3.8) is 0 Å². The van der Waals surface area contributed by atoms with Crippen LogP contribution in [-0.2, 0) is 9.59 Å². The Morgan fingerprint density at radius 3 is 2.71 bits per heavy atom. The molecular formula is C26H22N2O5S. The molecule has 1 atom stereocenters. The fraction of sp³-hybridized carbons (Fsp3) is 0.192. The summed E-state index contributed by atoms with van der Waals surface area (Å²) in [5.41, 5.74) is 1.91. The summed E-state index contributed by atoms with van der Waals surface area (Å²) in [6, 6.07) is 15.1. The molecule has 1 fully saturated rings. The van der Waals surface area contributed by atoms with Crippen molar-refractivity contribution in [3.8, 4) is 5.75 Å². The Bertz CT molecular complexity index is 1390. The molecule has 8 heteroatoms. The van der Waals surface area contributed by atoms with Gasteiger partial charge < -0.3 is 14.3 Å². The average Bonchev–Trinajstić information content (AvgIpc) is 3.56. The highest BCUT2D eigenvalue weighted by Crippen LogP contribution is 2.44. The number of aryl methyl sites for hydroxylation is 1. The van der Waals surface area contributed by atoms with Crippen molar-refractivity contribution in [3.05, 3.63) is 83.3 Å². The number of fused-ring (bicyclic) bond motifs is 1. The van der Waals surface area contributed by atoms with Crippen LogP contribution in [0.3, 0.4) is 0 Å². The first kappa shape index (κ1) is 21.9. The highest BCUT2D eigenvalue weighted by Gasteiger charge is 2.49. The number of ether oxygens (including phenoxy) is 1. The monoisotopic (exact) mass is 474 g/mol. The number of aliphatic hydroxyl groups excluding tert-OH is 1. The Balaban J connectivity index is 1.64. The SMILES string of the molecule is CCCOc1ccc(/C(O)=C2\C(=O)C(=O)N(c3nc4ccccc4s3)C2c2ccco2)cc1C. The van der Waals surface area contributed by atoms with E-state index in [1.807, 2.05) is 38.1 Å². The zero-order valence-electron chi connectivity index (χ0n) is 18.6. The predicted molar refractivity (Wildman–Crippen MR) is 130 cm³/mol. The largest absolute Gasteiger partial charge is 0.507 e. The van der Waals surface area contributed by atoms with Gasteiger partial charge in [0.05, 0.1) is 28.7 Å². The van der Waals surface area contributed by atoms with Crippen LogP contribution in [0, 0.1) is 6.92 Å². The molecule has 1 N–H and O–H groups in total. The molecule has 0 radical (unpaired) electrons. The summed E-state index contributed by atoms with van der Waals surface area (Å²) >= 11 is 1.30. The minimum atomic E-state index is -0.938. The maximum absolute atomic E-state index is 13.2. The van der Waals surface area contributed by atoms with Crippen LogP contribution in [0.2, 0.25) is 0 Å². The van der Waals surface area contributed by atoms with Gasteiger partial charge in [0.1, 0.15) is 23.3 Å². The summed E-state index contributed by atoms with van der Waals surface area (Å²) in [7, 11) is 0. The number of aromatic nitrogens is 1. The number of Topliss-reactive ketones (excluding diaryl/α,β-unsaturated/α-hetero) is 1. The molecule has 4 aromatic rings. The fourth-order valence-electron chi connectivity index (χ4n) is 4.04. The number of carbonyl (C=O) groups excluding carboxylic acids is 2. The predicted octanol–water partition coefficient (Wildman–Crippen LogP) is 5.61. The van der Waals surface area contributed by atoms with E-state index in [1.54, 1.807) is 30.3 Å². The molecule has 0 aliphatic carbocycles. The molecule has 1 aliphatic rings. The Morgan fingerprint density at radius 2 is 2.00 bits per heavy atom. The summed E-state index contributed by atoms with van der Waals surface area (Å²) in [5, 5.41) is 11.6. The fourth-order valence-corrected chi connectivity index (χ4v) is 5.03. The lowest BCUT2D eigenvalue weighted by Crippen LogP contribution is -2.29. The summed E-state index contributed by atoms with van der Waals surface area (Å²) < 4.78 is 12.2. The van der Waals surface area contributed by atoms with Gasteiger partial charge >= 0.3 is 5.91 Å². The van der Waals surface area contributed by atoms with Gasteiger partial charge in [0.25, 0.3) is 5.78 Å². The van der Waals surface area contributed by atoms with Crippen LogP contribution < -0.4 is 9.64 Å². The number of aliphatic hydroxyl groups is 1. The number of thiazole rings is 1. The minimum Gasteiger partial charge on any atom is -0.507 e. The van der Waals surface area contributed by atoms with E-state index in [-0.39, 0.29) is 11.3 Å². The van der Waals surface area contributed by atoms with Gasteiger partial charge in [-0.05, 0) is 61.4 Å². The molecule has 5 rings (SSSR count). The number of nitrogens with zero attached hydrogens (tertiary/aromatic N) is 2. The number of hydrogen-bond acceptors (Lipinski definition) is 7. The normalized spacial score (nSPS) is 17.6. The standard InChI is InChI=1S/C26H22N2O5S/c1-3-12-32-18-11-10-16(14-15(18)2)23(29)21-22(19-8-6-13-33-19)28(25(31)24(21)30)26-27-17-7-4-5-9-20(17)34-26/h4-11,13-14,22,29H,3,12H2,1-2H3/b23-21+. The maximum atomic E-state index is 13.2. The number of anilines is 1. The zero-order valence-corrected chi connectivity index (χ0v) is 19.5. The number of benzene rings is 2. The van der Waals surface area contributed by atoms with E-state index in [9.17, 15) is 14.7 Å². The molecule has 0 spiro atoms. The summed E-state index contributed by atoms with van der Waals surface area (Å²) in [6.45, 7) is 4.47. The Morgan fingerprint density at radius 1 is 1.18 bits per heavy atom. The van der Waals surface area contributed by atoms with Gasteiger partial charge in [-0.3, -0.25) is 14.5 Å². The van der Waals surface area contributed by atoms with Gasteiger partial charge in [-0.2, -0.15) is 0 Å². The summed E-state index contributed by atoms with van der Waals surface area (Å²) in [6.07, 6.45) is 2.34. The summed E-state index contributed by atoms with van der Waals surface area (Å²) in [4.78, 5) is 32.3. The second kappa shape index (κ2) is 8.79. The molecule has 2 aromatic heterocycles. The molecule has 1 unspecified atom stereocenters. The van der Waals surface area contributed by atoms with E-state index in [4.69, 9.17) is 9.15 Å². The number of hydrogen-bond donors (Lipinski definition) is 1. The molecule has 0 saturated carbocycles. The van der Waals surface area contributed by atoms with Crippen molar-refractivity contribution in [2.75, 3.05) is 11.5 Å². The molecule has 1 saturated heterocycles. The highest BCUT2D eigenvalue weighted by molar-refractivity contribution is 7.22. The van der Waals surface area contributed by atoms with Crippen LogP contribution in [-0.4, -0.2) is 28.4 Å². The Hall–Kier alpha value is -3.91. The van der Waals surface area contributed by atoms with Gasteiger partial charge in [0.15, 0.2) is 5.13 Å². The van der Waals surface area contributed by atoms with Crippen molar-refractivity contribution in [2.24, 2.45) is 0 Å². The number of ketones is 1. The van der Waals surface area contributed by atoms with Crippen molar-refractivity contribution in [1.29, 1.82) is 0 Å². The van der Waals surface area contributed by atoms with Crippen molar-refractivity contribution >= 4 is 44.1 Å². The minimum absolute atomic E-state index is 0.0409. The van der Waals surface area contributed by atoms with Crippen molar-refractivity contribution < 1.29 is 23.8 Å². The average molecular weight is 475 g/mol. The molecule has 1 aliphatic heterocycles. The van der Waals surface area contributed by atoms with Gasteiger partial charge in [-0.25, -0.2) is 4.98 Å². The molecular weight excluding hydrogens is 452 g/mol. The number of para-hydroxylation sites is 1. The first-order chi connectivity index (χ1) is 16.5. The van der Waals surface area contributed by atoms with Gasteiger partial charge in [0.2, 0.25) is 0 Å². The van der Waals surface area contributed by atoms with Crippen LogP contribution in [0.4, 0.5) is 5.13 Å². The third-order valence-electron chi connectivity index (χ3n) is 5.66. The lowest BCUT2D eigenvalue weighted by molar-refractivity contribution is -0.132. The molecule has 172 valence electrons. The Kier molecular flexibility index (Phi) is 5.67. The van der Waals surface area contributed by atoms with E-state index in [0.717, 1.165) is 22.2 Å². The molecule has 2 aromatic carbocycles. The first-order valence-electron chi connectivity index (χ1n) is 10.9. The van der Waals surface area contributed by atoms with Crippen LogP contribution in [0.15, 0.2) is 70.9 Å². The quantitative estimate of drug-likeness (QED) is 0.222. The number of rotatable bonds is 6. The van der Waals surface area contributed by atoms with E-state index in [1.165, 1.54) is 22.5 Å². The lowest BCUT2D eigenvalue weighted by atomic mass is 9.98. The molecule has 1 amide bonds. The van der Waals surface area contributed by atoms with Crippen LogP contribution in [0.5, 0.6) is 5.75 Å². The topological polar surface area (TPSA) is 92.9 Å². The van der Waals surface area contributed by atoms with Crippen LogP contribution in [0.1, 0.15) is 36.3 Å². The third kappa shape index (κ3) is 3.66. The van der Waals surface area contributed by atoms with E-state index < -0.39 is 17.7 Å². The number of amides is 1. The van der Waals surface area contributed by atoms with Gasteiger partial charge in [0, 0.05) is 5.56 Å². The molecule has 7 nitrogen and oxygen atoms in total. The number of carbonyl (C=O) groups is 2. The van der Waals surface area contributed by atoms with E-state index in [2.05, 4.69) is 4.98 Å². The van der Waals surface area contributed by atoms with Crippen LogP contribution in [0.25, 0.3) is 16.0 Å². The van der Waals surface area contributed by atoms with Crippen molar-refractivity contribution in [2.45, 2.75) is 26.3 Å². The van der Waals surface area contributed by atoms with E-state index >= 15 is 0 Å². The van der Waals surface area contributed by atoms with Crippen molar-refractivity contribution in [1.82, 2.24) is 4.98 Å². The molecule has 34 heavy (non-hydrogen) atoms. The van der Waals surface area contributed by atoms with Gasteiger partial charge in [-0.1, -0.05) is 30.4 Å². The van der Waals surface area contributed by atoms with Crippen LogP contribution >= 0.6 is 11.3 Å². The first-order valence-corrected chi connectivity index (χ1v) is 11.7. The molecule has 3 heterocycles. The van der Waals surface area contributed by atoms with Gasteiger partial charge in [-0.15, -0.1) is 0 Å². The highest BCUT2D eigenvalue weighted by atomic mass is 32.1. The second-order valence-corrected chi connectivity index (χ2v) is 8.99. The lowest BCUT2D eigenvalue weighted by Gasteiger charge is -2.20. The zero-order chi connectivity index (χ0) is 23.8. The molecule has 0 bridgehead atoms. The van der Waals surface area contributed by atoms with E-state index in [0.29, 0.717) is 28.8 Å². The number of furan rings is 1. The summed E-state index contributed by atoms with van der Waals surface area (Å²) in [5.74, 6) is -0.757. The third-order valence-corrected chi connectivity index (χ3v) is 6.69. The smallest absolute Gasteiger partial charge is 0.302 e. The second-order valence-electron chi connectivity index (χ2n) is 7.98. The Labute approximate surface area is 199 Å².